The Bertz CT molecular complexity index is 361. The van der Waals surface area contributed by atoms with Gasteiger partial charge in [-0.2, -0.15) is 8.42 Å². The summed E-state index contributed by atoms with van der Waals surface area (Å²) in [5.41, 5.74) is 5.46. The van der Waals surface area contributed by atoms with Crippen LogP contribution in [0.4, 0.5) is 0 Å². The number of hydrogen-bond acceptors (Lipinski definition) is 3. The summed E-state index contributed by atoms with van der Waals surface area (Å²) in [6.07, 6.45) is 13.3. The second-order valence-electron chi connectivity index (χ2n) is 7.24. The summed E-state index contributed by atoms with van der Waals surface area (Å²) < 4.78 is 31.2. The molecule has 1 unspecified atom stereocenters. The van der Waals surface area contributed by atoms with Gasteiger partial charge in [-0.15, -0.1) is 0 Å². The van der Waals surface area contributed by atoms with E-state index in [4.69, 9.17) is 10.3 Å². The number of rotatable bonds is 14. The van der Waals surface area contributed by atoms with Crippen molar-refractivity contribution in [2.24, 2.45) is 11.7 Å². The molecule has 0 rings (SSSR count). The molecule has 0 saturated carbocycles. The van der Waals surface area contributed by atoms with Crippen LogP contribution in [0.5, 0.6) is 0 Å². The second kappa shape index (κ2) is 11.4. The average Bonchev–Trinajstić information content (AvgIpc) is 2.37. The molecule has 0 saturated heterocycles. The maximum atomic E-state index is 11.1. The Morgan fingerprint density at radius 2 is 1.32 bits per heavy atom. The minimum absolute atomic E-state index is 0.184. The van der Waals surface area contributed by atoms with Crippen molar-refractivity contribution in [3.63, 3.8) is 0 Å². The molecule has 0 aliphatic carbocycles. The molecule has 0 aromatic heterocycles. The molecule has 0 radical (unpaired) electrons. The van der Waals surface area contributed by atoms with E-state index in [9.17, 15) is 8.42 Å². The minimum Gasteiger partial charge on any atom is -0.325 e. The van der Waals surface area contributed by atoms with Gasteiger partial charge in [0.1, 0.15) is 0 Å². The van der Waals surface area contributed by atoms with Gasteiger partial charge in [0.15, 0.2) is 0 Å². The molecule has 0 aliphatic heterocycles. The van der Waals surface area contributed by atoms with Crippen molar-refractivity contribution in [3.8, 4) is 0 Å². The summed E-state index contributed by atoms with van der Waals surface area (Å²) in [5, 5.41) is 0. The predicted octanol–water partition coefficient (Wildman–Crippen LogP) is 4.54. The second-order valence-corrected chi connectivity index (χ2v) is 8.73. The van der Waals surface area contributed by atoms with Crippen LogP contribution in [0.25, 0.3) is 0 Å². The Labute approximate surface area is 138 Å². The third kappa shape index (κ3) is 13.5. The first-order valence-corrected chi connectivity index (χ1v) is 10.5. The summed E-state index contributed by atoms with van der Waals surface area (Å²) in [6, 6.07) is 0. The first-order chi connectivity index (χ1) is 10.2. The van der Waals surface area contributed by atoms with Gasteiger partial charge in [0.05, 0.1) is 5.75 Å². The molecule has 4 nitrogen and oxygen atoms in total. The highest BCUT2D eigenvalue weighted by Gasteiger charge is 2.28. The van der Waals surface area contributed by atoms with Crippen LogP contribution in [0.2, 0.25) is 0 Å². The molecule has 3 N–H and O–H groups in total. The molecule has 0 spiro atoms. The van der Waals surface area contributed by atoms with Crippen molar-refractivity contribution in [3.05, 3.63) is 0 Å². The van der Waals surface area contributed by atoms with E-state index in [-0.39, 0.29) is 11.7 Å². The first kappa shape index (κ1) is 21.9. The van der Waals surface area contributed by atoms with Gasteiger partial charge in [-0.25, -0.2) is 0 Å². The van der Waals surface area contributed by atoms with E-state index < -0.39 is 15.7 Å². The highest BCUT2D eigenvalue weighted by atomic mass is 32.2. The van der Waals surface area contributed by atoms with Gasteiger partial charge in [0, 0.05) is 5.54 Å². The first-order valence-electron chi connectivity index (χ1n) is 8.91. The van der Waals surface area contributed by atoms with Gasteiger partial charge in [-0.3, -0.25) is 4.55 Å². The SMILES string of the molecule is CCCCCCCCCCCCC(CS(=O)(=O)O)C(C)(C)N. The zero-order valence-corrected chi connectivity index (χ0v) is 15.6. The average molecular weight is 336 g/mol. The minimum atomic E-state index is -3.95. The van der Waals surface area contributed by atoms with Gasteiger partial charge in [0.2, 0.25) is 0 Å². The maximum absolute atomic E-state index is 11.1. The van der Waals surface area contributed by atoms with Crippen LogP contribution in [0.15, 0.2) is 0 Å². The summed E-state index contributed by atoms with van der Waals surface area (Å²) in [7, 11) is -3.95. The Morgan fingerprint density at radius 3 is 1.68 bits per heavy atom. The van der Waals surface area contributed by atoms with Gasteiger partial charge >= 0.3 is 0 Å². The zero-order chi connectivity index (χ0) is 17.1. The Balaban J connectivity index is 3.73. The van der Waals surface area contributed by atoms with Gasteiger partial charge in [-0.1, -0.05) is 71.1 Å². The van der Waals surface area contributed by atoms with E-state index in [1.807, 2.05) is 13.8 Å². The van der Waals surface area contributed by atoms with Crippen molar-refractivity contribution < 1.29 is 13.0 Å². The molecule has 1 atom stereocenters. The van der Waals surface area contributed by atoms with Crippen LogP contribution >= 0.6 is 0 Å². The normalized spacial score (nSPS) is 14.2. The van der Waals surface area contributed by atoms with Crippen molar-refractivity contribution >= 4 is 10.1 Å². The lowest BCUT2D eigenvalue weighted by atomic mass is 9.85. The fourth-order valence-corrected chi connectivity index (χ4v) is 3.91. The molecule has 0 aromatic carbocycles. The molecule has 0 bridgehead atoms. The summed E-state index contributed by atoms with van der Waals surface area (Å²) in [5.74, 6) is -0.412. The van der Waals surface area contributed by atoms with Crippen LogP contribution in [-0.4, -0.2) is 24.3 Å². The highest BCUT2D eigenvalue weighted by Crippen LogP contribution is 2.23. The van der Waals surface area contributed by atoms with E-state index in [1.54, 1.807) is 0 Å². The monoisotopic (exact) mass is 335 g/mol. The highest BCUT2D eigenvalue weighted by molar-refractivity contribution is 7.85. The molecule has 0 amide bonds. The predicted molar refractivity (Wildman–Crippen MR) is 94.6 cm³/mol. The number of unbranched alkanes of at least 4 members (excludes halogenated alkanes) is 9. The molecule has 134 valence electrons. The van der Waals surface area contributed by atoms with Crippen LogP contribution in [0.1, 0.15) is 91.4 Å². The molecule has 0 aromatic rings. The van der Waals surface area contributed by atoms with Crippen LogP contribution in [0, 0.1) is 5.92 Å². The summed E-state index contributed by atoms with van der Waals surface area (Å²) in [6.45, 7) is 5.90. The fourth-order valence-electron chi connectivity index (χ4n) is 2.80. The topological polar surface area (TPSA) is 80.4 Å². The third-order valence-electron chi connectivity index (χ3n) is 4.37. The van der Waals surface area contributed by atoms with Crippen LogP contribution in [0.3, 0.4) is 0 Å². The molecule has 5 heteroatoms. The number of nitrogens with two attached hydrogens (primary N) is 1. The molecule has 22 heavy (non-hydrogen) atoms. The van der Waals surface area contributed by atoms with Gasteiger partial charge < -0.3 is 5.73 Å². The lowest BCUT2D eigenvalue weighted by Gasteiger charge is -2.29. The zero-order valence-electron chi connectivity index (χ0n) is 14.8. The molecular weight excluding hydrogens is 298 g/mol. The Kier molecular flexibility index (Phi) is 11.3. The molecular formula is C17H37NO3S. The molecule has 0 heterocycles. The quantitative estimate of drug-likeness (QED) is 0.361. The molecule has 0 aliphatic rings. The lowest BCUT2D eigenvalue weighted by Crippen LogP contribution is -2.44. The number of hydrogen-bond donors (Lipinski definition) is 2. The van der Waals surface area contributed by atoms with Crippen molar-refractivity contribution in [1.82, 2.24) is 0 Å². The van der Waals surface area contributed by atoms with Crippen molar-refractivity contribution in [2.75, 3.05) is 5.75 Å². The standard InChI is InChI=1S/C17H37NO3S/c1-4-5-6-7-8-9-10-11-12-13-14-16(17(2,3)18)15-22(19,20)21/h16H,4-15,18H2,1-3H3,(H,19,20,21). The van der Waals surface area contributed by atoms with Crippen LogP contribution in [-0.2, 0) is 10.1 Å². The Morgan fingerprint density at radius 1 is 0.909 bits per heavy atom. The van der Waals surface area contributed by atoms with E-state index >= 15 is 0 Å². The smallest absolute Gasteiger partial charge is 0.265 e. The Hall–Kier alpha value is -0.130. The largest absolute Gasteiger partial charge is 0.325 e. The maximum Gasteiger partial charge on any atom is 0.265 e. The lowest BCUT2D eigenvalue weighted by molar-refractivity contribution is 0.311. The van der Waals surface area contributed by atoms with E-state index in [2.05, 4.69) is 6.92 Å². The van der Waals surface area contributed by atoms with E-state index in [1.165, 1.54) is 51.4 Å². The van der Waals surface area contributed by atoms with Gasteiger partial charge in [0.25, 0.3) is 10.1 Å². The summed E-state index contributed by atoms with van der Waals surface area (Å²) >= 11 is 0. The third-order valence-corrected chi connectivity index (χ3v) is 5.19. The molecule has 0 fully saturated rings. The van der Waals surface area contributed by atoms with E-state index in [0.29, 0.717) is 0 Å². The van der Waals surface area contributed by atoms with Crippen molar-refractivity contribution in [1.29, 1.82) is 0 Å². The summed E-state index contributed by atoms with van der Waals surface area (Å²) in [4.78, 5) is 0. The van der Waals surface area contributed by atoms with Crippen LogP contribution < -0.4 is 5.73 Å². The fraction of sp³-hybridized carbons (Fsp3) is 1.00. The van der Waals surface area contributed by atoms with Gasteiger partial charge in [-0.05, 0) is 26.2 Å². The van der Waals surface area contributed by atoms with Crippen molar-refractivity contribution in [2.45, 2.75) is 96.9 Å². The van der Waals surface area contributed by atoms with E-state index in [0.717, 1.165) is 19.3 Å².